The minimum absolute atomic E-state index is 0.0698. The van der Waals surface area contributed by atoms with Gasteiger partial charge in [0.05, 0.1) is 0 Å². The van der Waals surface area contributed by atoms with E-state index in [0.29, 0.717) is 10.1 Å². The molecule has 1 rings (SSSR count). The number of carbonyl (C=O) groups is 2. The fourth-order valence-corrected chi connectivity index (χ4v) is 3.41. The molecule has 1 aromatic rings. The topological polar surface area (TPSA) is 46.2 Å². The summed E-state index contributed by atoms with van der Waals surface area (Å²) in [5.74, 6) is -0.0730. The van der Waals surface area contributed by atoms with Crippen LogP contribution in [0, 0.1) is 0 Å². The molecule has 1 aromatic carbocycles. The van der Waals surface area contributed by atoms with E-state index in [-0.39, 0.29) is 15.6 Å². The van der Waals surface area contributed by atoms with Gasteiger partial charge in [-0.1, -0.05) is 0 Å². The fraction of sp³-hybridized carbons (Fsp3) is 0.200. The Morgan fingerprint density at radius 3 is 2.50 bits per heavy atom. The molecule has 0 aliphatic heterocycles. The molecule has 0 aromatic heterocycles. The number of hydrogen-bond donors (Lipinski definition) is 1. The normalized spacial score (nSPS) is 9.88. The average Bonchev–Trinajstić information content (AvgIpc) is 2.29. The van der Waals surface area contributed by atoms with Gasteiger partial charge in [0, 0.05) is 0 Å². The summed E-state index contributed by atoms with van der Waals surface area (Å²) in [5.41, 5.74) is 0.598. The number of nitrogens with one attached hydrogen (secondary N) is 1. The molecule has 0 fully saturated rings. The Kier molecular flexibility index (Phi) is 6.38. The summed E-state index contributed by atoms with van der Waals surface area (Å²) in [6.45, 7) is 0. The second-order valence-corrected chi connectivity index (χ2v) is 7.72. The molecule has 16 heavy (non-hydrogen) atoms. The zero-order chi connectivity index (χ0) is 12.0. The number of hydrogen-bond acceptors (Lipinski definition) is 2. The molecule has 3 nitrogen and oxygen atoms in total. The maximum absolute atomic E-state index is 11.6. The summed E-state index contributed by atoms with van der Waals surface area (Å²) in [4.78, 5) is 22.5. The molecule has 0 heterocycles. The van der Waals surface area contributed by atoms with Gasteiger partial charge >= 0.3 is 118 Å². The van der Waals surface area contributed by atoms with Crippen LogP contribution in [0.4, 0.5) is 0 Å². The van der Waals surface area contributed by atoms with Crippen molar-refractivity contribution >= 4 is 58.4 Å². The minimum atomic E-state index is -1.20. The van der Waals surface area contributed by atoms with Crippen LogP contribution in [0.5, 0.6) is 0 Å². The van der Waals surface area contributed by atoms with Crippen molar-refractivity contribution in [2.45, 2.75) is 0 Å². The molecular formula is C10H9BrClNO2Sn. The van der Waals surface area contributed by atoms with E-state index in [1.54, 1.807) is 24.3 Å². The van der Waals surface area contributed by atoms with E-state index in [4.69, 9.17) is 11.6 Å². The van der Waals surface area contributed by atoms with Gasteiger partial charge in [0.2, 0.25) is 0 Å². The third-order valence-electron chi connectivity index (χ3n) is 1.76. The zero-order valence-electron chi connectivity index (χ0n) is 8.30. The van der Waals surface area contributed by atoms with Gasteiger partial charge in [-0.05, 0) is 0 Å². The summed E-state index contributed by atoms with van der Waals surface area (Å²) in [6.07, 6.45) is 0. The Morgan fingerprint density at radius 1 is 1.31 bits per heavy atom. The molecule has 0 unspecified atom stereocenters. The average molecular weight is 409 g/mol. The van der Waals surface area contributed by atoms with Gasteiger partial charge in [0.1, 0.15) is 0 Å². The van der Waals surface area contributed by atoms with E-state index in [1.165, 1.54) is 0 Å². The van der Waals surface area contributed by atoms with Gasteiger partial charge in [0.15, 0.2) is 0 Å². The van der Waals surface area contributed by atoms with Crippen molar-refractivity contribution in [3.8, 4) is 0 Å². The number of carbonyl (C=O) groups excluding carboxylic acids is 2. The Balaban J connectivity index is 2.41. The monoisotopic (exact) mass is 409 g/mol. The Labute approximate surface area is 117 Å². The van der Waals surface area contributed by atoms with E-state index in [9.17, 15) is 9.59 Å². The van der Waals surface area contributed by atoms with E-state index in [0.717, 1.165) is 4.47 Å². The van der Waals surface area contributed by atoms with Crippen LogP contribution >= 0.6 is 27.5 Å². The van der Waals surface area contributed by atoms with Crippen molar-refractivity contribution in [1.29, 1.82) is 0 Å². The Hall–Kier alpha value is -0.0713. The van der Waals surface area contributed by atoms with Crippen LogP contribution in [0.1, 0.15) is 10.4 Å². The molecule has 0 saturated carbocycles. The molecular weight excluding hydrogens is 400 g/mol. The Bertz CT molecular complexity index is 383. The van der Waals surface area contributed by atoms with E-state index in [2.05, 4.69) is 21.2 Å². The first-order valence-corrected chi connectivity index (χ1v) is 9.27. The summed E-state index contributed by atoms with van der Waals surface area (Å²) in [6, 6.07) is 7.07. The van der Waals surface area contributed by atoms with Crippen LogP contribution in [0.3, 0.4) is 0 Å². The summed E-state index contributed by atoms with van der Waals surface area (Å²) in [7, 11) is 0. The van der Waals surface area contributed by atoms with Crippen molar-refractivity contribution in [2.75, 3.05) is 10.4 Å². The maximum atomic E-state index is 11.6. The van der Waals surface area contributed by atoms with Gasteiger partial charge in [-0.3, -0.25) is 0 Å². The van der Waals surface area contributed by atoms with E-state index < -0.39 is 21.1 Å². The van der Waals surface area contributed by atoms with Crippen LogP contribution in [-0.2, 0) is 4.79 Å². The molecule has 1 N–H and O–H groups in total. The standard InChI is InChI=1S/C8H7BrNO.C2H2ClO.Sn/c1-10-8(11)6-2-4-7(9)5-3-6;3-1-2-4;/h2-5H,1H2,(H,10,11);1H2;. The van der Waals surface area contributed by atoms with E-state index in [1.807, 2.05) is 0 Å². The molecule has 1 amide bonds. The van der Waals surface area contributed by atoms with Gasteiger partial charge in [-0.15, -0.1) is 0 Å². The van der Waals surface area contributed by atoms with Crippen LogP contribution in [-0.4, -0.2) is 41.3 Å². The number of halogens is 2. The van der Waals surface area contributed by atoms with E-state index >= 15 is 0 Å². The van der Waals surface area contributed by atoms with Crippen molar-refractivity contribution in [3.05, 3.63) is 34.3 Å². The first-order chi connectivity index (χ1) is 7.63. The third-order valence-corrected chi connectivity index (χ3v) is 5.81. The molecule has 6 heteroatoms. The van der Waals surface area contributed by atoms with Gasteiger partial charge in [-0.2, -0.15) is 0 Å². The molecule has 0 saturated heterocycles. The SMILES string of the molecule is O=[C](CCl)[Sn][CH2]NC(=O)c1ccc(Br)cc1. The van der Waals surface area contributed by atoms with Crippen molar-refractivity contribution < 1.29 is 9.59 Å². The van der Waals surface area contributed by atoms with Crippen LogP contribution < -0.4 is 5.32 Å². The van der Waals surface area contributed by atoms with Crippen LogP contribution in [0.25, 0.3) is 0 Å². The molecule has 0 bridgehead atoms. The number of amides is 1. The number of rotatable bonds is 5. The van der Waals surface area contributed by atoms with Crippen molar-refractivity contribution in [1.82, 2.24) is 5.32 Å². The molecule has 0 spiro atoms. The van der Waals surface area contributed by atoms with Crippen LogP contribution in [0.15, 0.2) is 28.7 Å². The fourth-order valence-electron chi connectivity index (χ4n) is 0.974. The van der Waals surface area contributed by atoms with Crippen molar-refractivity contribution in [3.63, 3.8) is 0 Å². The Morgan fingerprint density at radius 2 is 1.94 bits per heavy atom. The first-order valence-electron chi connectivity index (χ1n) is 4.50. The van der Waals surface area contributed by atoms with Gasteiger partial charge < -0.3 is 0 Å². The summed E-state index contributed by atoms with van der Waals surface area (Å²) < 4.78 is 1.52. The third kappa shape index (κ3) is 4.84. The van der Waals surface area contributed by atoms with Gasteiger partial charge in [-0.25, -0.2) is 0 Å². The second-order valence-electron chi connectivity index (χ2n) is 2.92. The van der Waals surface area contributed by atoms with Gasteiger partial charge in [0.25, 0.3) is 0 Å². The molecule has 84 valence electrons. The molecule has 0 aliphatic carbocycles. The van der Waals surface area contributed by atoms with Crippen molar-refractivity contribution in [2.24, 2.45) is 0 Å². The number of benzene rings is 1. The summed E-state index contributed by atoms with van der Waals surface area (Å²) in [5, 5.41) is 2.73. The zero-order valence-corrected chi connectivity index (χ0v) is 13.5. The van der Waals surface area contributed by atoms with Crippen LogP contribution in [0.2, 0.25) is 0 Å². The second kappa shape index (κ2) is 7.29. The molecule has 2 radical (unpaired) electrons. The molecule has 0 aliphatic rings. The number of alkyl halides is 1. The first kappa shape index (κ1) is 14.0. The quantitative estimate of drug-likeness (QED) is 0.594. The molecule has 0 atom stereocenters. The predicted octanol–water partition coefficient (Wildman–Crippen LogP) is 1.61. The predicted molar refractivity (Wildman–Crippen MR) is 68.0 cm³/mol. The summed E-state index contributed by atoms with van der Waals surface area (Å²) >= 11 is 7.47.